The summed E-state index contributed by atoms with van der Waals surface area (Å²) >= 11 is 0. The summed E-state index contributed by atoms with van der Waals surface area (Å²) in [5.41, 5.74) is 5.96. The van der Waals surface area contributed by atoms with Crippen LogP contribution in [0.5, 0.6) is 0 Å². The van der Waals surface area contributed by atoms with Crippen LogP contribution in [0.25, 0.3) is 89.2 Å². The molecule has 5 nitrogen and oxygen atoms in total. The van der Waals surface area contributed by atoms with Gasteiger partial charge in [0.1, 0.15) is 22.3 Å². The lowest BCUT2D eigenvalue weighted by Gasteiger charge is -2.08. The van der Waals surface area contributed by atoms with Crippen molar-refractivity contribution in [1.29, 1.82) is 0 Å². The van der Waals surface area contributed by atoms with Crippen LogP contribution in [0.15, 0.2) is 148 Å². The topological polar surface area (TPSA) is 65.0 Å². The molecule has 9 aromatic rings. The van der Waals surface area contributed by atoms with Crippen molar-refractivity contribution in [3.8, 4) is 45.3 Å². The van der Waals surface area contributed by atoms with E-state index in [9.17, 15) is 0 Å². The first-order valence-corrected chi connectivity index (χ1v) is 14.1. The van der Waals surface area contributed by atoms with Gasteiger partial charge in [-0.25, -0.2) is 15.0 Å². The van der Waals surface area contributed by atoms with Gasteiger partial charge in [-0.05, 0) is 18.2 Å². The van der Waals surface area contributed by atoms with Gasteiger partial charge in [-0.3, -0.25) is 0 Å². The minimum Gasteiger partial charge on any atom is -0.455 e. The third-order valence-electron chi connectivity index (χ3n) is 7.84. The highest BCUT2D eigenvalue weighted by atomic mass is 16.3. The van der Waals surface area contributed by atoms with Gasteiger partial charge >= 0.3 is 0 Å². The van der Waals surface area contributed by atoms with E-state index in [0.717, 1.165) is 43.8 Å². The Labute approximate surface area is 259 Å². The molecule has 0 radical (unpaired) electrons. The normalized spacial score (nSPS) is 13.2. The van der Waals surface area contributed by atoms with Crippen LogP contribution in [0, 0.1) is 0 Å². The molecule has 0 atom stereocenters. The molecule has 0 saturated carbocycles. The largest absolute Gasteiger partial charge is 0.455 e. The van der Waals surface area contributed by atoms with Gasteiger partial charge in [-0.2, -0.15) is 0 Å². The van der Waals surface area contributed by atoms with Crippen molar-refractivity contribution in [2.24, 2.45) is 0 Å². The zero-order valence-electron chi connectivity index (χ0n) is 28.1. The number of para-hydroxylation sites is 3. The second kappa shape index (κ2) is 9.75. The summed E-state index contributed by atoms with van der Waals surface area (Å²) in [6.07, 6.45) is 0. The van der Waals surface area contributed by atoms with Crippen molar-refractivity contribution in [3.05, 3.63) is 139 Å². The van der Waals surface area contributed by atoms with E-state index in [0.29, 0.717) is 28.1 Å². The maximum Gasteiger partial charge on any atom is 0.164 e. The van der Waals surface area contributed by atoms with Gasteiger partial charge in [0.2, 0.25) is 0 Å². The summed E-state index contributed by atoms with van der Waals surface area (Å²) in [4.78, 5) is 14.0. The molecule has 44 heavy (non-hydrogen) atoms. The van der Waals surface area contributed by atoms with Gasteiger partial charge in [-0.15, -0.1) is 0 Å². The monoisotopic (exact) mass is 570 g/mol. The molecule has 206 valence electrons. The molecule has 0 bridgehead atoms. The second-order valence-corrected chi connectivity index (χ2v) is 10.4. The Hall–Kier alpha value is -6.07. The number of benzene rings is 6. The SMILES string of the molecule is [2H]c1c([2H])c([2H])c(-c2nc(-c3ccccc3)nc(-c3ccc4c(c3)oc3c(-c5cccc6c5oc5ccccc56)cccc34)n2)c([2H])c1[2H]. The van der Waals surface area contributed by atoms with Crippen LogP contribution in [0.3, 0.4) is 0 Å². The molecular formula is C39H23N3O2. The average molecular weight is 571 g/mol. The molecule has 0 aliphatic heterocycles. The summed E-state index contributed by atoms with van der Waals surface area (Å²) < 4.78 is 54.6. The van der Waals surface area contributed by atoms with Gasteiger partial charge in [-0.1, -0.05) is 121 Å². The molecule has 3 aromatic heterocycles. The lowest BCUT2D eigenvalue weighted by atomic mass is 10.00. The van der Waals surface area contributed by atoms with Gasteiger partial charge in [0.05, 0.1) is 6.85 Å². The van der Waals surface area contributed by atoms with E-state index in [2.05, 4.69) is 22.1 Å². The first kappa shape index (κ1) is 19.9. The predicted molar refractivity (Wildman–Crippen MR) is 176 cm³/mol. The van der Waals surface area contributed by atoms with Crippen molar-refractivity contribution in [3.63, 3.8) is 0 Å². The number of hydrogen-bond acceptors (Lipinski definition) is 5. The smallest absolute Gasteiger partial charge is 0.164 e. The zero-order chi connectivity index (χ0) is 33.4. The zero-order valence-corrected chi connectivity index (χ0v) is 23.1. The fraction of sp³-hybridized carbons (Fsp3) is 0. The Kier molecular flexibility index (Phi) is 4.42. The summed E-state index contributed by atoms with van der Waals surface area (Å²) in [6, 6.07) is 33.0. The molecular weight excluding hydrogens is 542 g/mol. The van der Waals surface area contributed by atoms with Crippen molar-refractivity contribution < 1.29 is 15.7 Å². The summed E-state index contributed by atoms with van der Waals surface area (Å²) in [6.45, 7) is 0. The number of aromatic nitrogens is 3. The molecule has 0 saturated heterocycles. The first-order chi connectivity index (χ1) is 23.9. The van der Waals surface area contributed by atoms with E-state index in [1.165, 1.54) is 0 Å². The van der Waals surface area contributed by atoms with Crippen molar-refractivity contribution in [1.82, 2.24) is 15.0 Å². The van der Waals surface area contributed by atoms with E-state index in [1.807, 2.05) is 97.1 Å². The molecule has 0 unspecified atom stereocenters. The van der Waals surface area contributed by atoms with Crippen LogP contribution in [-0.4, -0.2) is 15.0 Å². The second-order valence-electron chi connectivity index (χ2n) is 10.4. The minimum absolute atomic E-state index is 0.0215. The van der Waals surface area contributed by atoms with Crippen LogP contribution in [0.4, 0.5) is 0 Å². The van der Waals surface area contributed by atoms with E-state index in [4.69, 9.17) is 20.7 Å². The van der Waals surface area contributed by atoms with Crippen LogP contribution in [0.2, 0.25) is 0 Å². The van der Waals surface area contributed by atoms with E-state index >= 15 is 0 Å². The summed E-state index contributed by atoms with van der Waals surface area (Å²) in [5.74, 6) is 0.551. The number of furan rings is 2. The van der Waals surface area contributed by atoms with Crippen molar-refractivity contribution in [2.45, 2.75) is 0 Å². The van der Waals surface area contributed by atoms with E-state index in [1.54, 1.807) is 0 Å². The highest BCUT2D eigenvalue weighted by Crippen LogP contribution is 2.41. The highest BCUT2D eigenvalue weighted by Gasteiger charge is 2.18. The van der Waals surface area contributed by atoms with Crippen LogP contribution >= 0.6 is 0 Å². The quantitative estimate of drug-likeness (QED) is 0.211. The average Bonchev–Trinajstić information content (AvgIpc) is 3.72. The standard InChI is InChI=1S/C39H23N3O2/c1-3-11-24(12-4-1)37-40-38(25-13-5-2-6-14-25)42-39(41-37)26-21-22-28-30-17-10-19-32(36(30)44-34(28)23-26)31-18-9-16-29-27-15-7-8-20-33(27)43-35(29)31/h1-23H/i1D,3D,4D,11D,12D. The van der Waals surface area contributed by atoms with Gasteiger partial charge in [0.15, 0.2) is 17.5 Å². The Balaban J connectivity index is 1.24. The van der Waals surface area contributed by atoms with Crippen molar-refractivity contribution in [2.75, 3.05) is 0 Å². The summed E-state index contributed by atoms with van der Waals surface area (Å²) in [5, 5.41) is 3.92. The number of rotatable bonds is 4. The van der Waals surface area contributed by atoms with E-state index in [-0.39, 0.29) is 29.3 Å². The highest BCUT2D eigenvalue weighted by molar-refractivity contribution is 6.15. The van der Waals surface area contributed by atoms with Gasteiger partial charge in [0, 0.05) is 49.4 Å². The molecule has 6 aromatic carbocycles. The van der Waals surface area contributed by atoms with Crippen LogP contribution in [0.1, 0.15) is 6.85 Å². The number of fused-ring (bicyclic) bond motifs is 6. The number of nitrogens with zero attached hydrogens (tertiary/aromatic N) is 3. The van der Waals surface area contributed by atoms with Crippen molar-refractivity contribution >= 4 is 43.9 Å². The van der Waals surface area contributed by atoms with Crippen LogP contribution in [-0.2, 0) is 0 Å². The first-order valence-electron chi connectivity index (χ1n) is 16.6. The Morgan fingerprint density at radius 2 is 1.00 bits per heavy atom. The maximum atomic E-state index is 8.57. The molecule has 0 aliphatic rings. The fourth-order valence-corrected chi connectivity index (χ4v) is 5.80. The summed E-state index contributed by atoms with van der Waals surface area (Å²) in [7, 11) is 0. The minimum atomic E-state index is -0.484. The molecule has 5 heteroatoms. The third-order valence-corrected chi connectivity index (χ3v) is 7.84. The fourth-order valence-electron chi connectivity index (χ4n) is 5.80. The molecule has 0 aliphatic carbocycles. The number of hydrogen-bond donors (Lipinski definition) is 0. The third kappa shape index (κ3) is 3.91. The molecule has 0 N–H and O–H groups in total. The molecule has 0 spiro atoms. The lowest BCUT2D eigenvalue weighted by Crippen LogP contribution is -2.00. The molecule has 9 rings (SSSR count). The van der Waals surface area contributed by atoms with E-state index < -0.39 is 18.1 Å². The predicted octanol–water partition coefficient (Wildman–Crippen LogP) is 10.3. The maximum absolute atomic E-state index is 8.57. The lowest BCUT2D eigenvalue weighted by molar-refractivity contribution is 0.665. The Morgan fingerprint density at radius 1 is 0.432 bits per heavy atom. The van der Waals surface area contributed by atoms with Gasteiger partial charge < -0.3 is 8.83 Å². The Morgan fingerprint density at radius 3 is 1.73 bits per heavy atom. The van der Waals surface area contributed by atoms with Crippen LogP contribution < -0.4 is 0 Å². The molecule has 0 amide bonds. The Bertz CT molecular complexity index is 2760. The molecule has 3 heterocycles. The van der Waals surface area contributed by atoms with Gasteiger partial charge in [0.25, 0.3) is 0 Å². The molecule has 0 fully saturated rings.